The molecule has 2 saturated heterocycles. The molecule has 0 radical (unpaired) electrons. The maximum Gasteiger partial charge on any atom is 0.310 e. The number of rotatable bonds is 5. The van der Waals surface area contributed by atoms with Crippen LogP contribution in [-0.2, 0) is 14.3 Å². The lowest BCUT2D eigenvalue weighted by Gasteiger charge is -2.51. The van der Waals surface area contributed by atoms with Gasteiger partial charge in [0.1, 0.15) is 6.10 Å². The third-order valence-electron chi connectivity index (χ3n) is 7.42. The van der Waals surface area contributed by atoms with E-state index >= 15 is 0 Å². The minimum Gasteiger partial charge on any atom is -0.462 e. The van der Waals surface area contributed by atoms with Gasteiger partial charge in [0.25, 0.3) is 0 Å². The van der Waals surface area contributed by atoms with E-state index in [-0.39, 0.29) is 41.7 Å². The Balaban J connectivity index is 1.49. The van der Waals surface area contributed by atoms with Crippen LogP contribution >= 0.6 is 0 Å². The van der Waals surface area contributed by atoms with Crippen molar-refractivity contribution in [2.45, 2.75) is 70.1 Å². The van der Waals surface area contributed by atoms with Crippen LogP contribution in [0.15, 0.2) is 0 Å². The first kappa shape index (κ1) is 16.8. The summed E-state index contributed by atoms with van der Waals surface area (Å²) in [5.41, 5.74) is 0.369. The molecule has 2 N–H and O–H groups in total. The Labute approximate surface area is 144 Å². The van der Waals surface area contributed by atoms with Gasteiger partial charge in [0.15, 0.2) is 0 Å². The topological polar surface area (TPSA) is 71.1 Å². The van der Waals surface area contributed by atoms with Gasteiger partial charge in [-0.25, -0.2) is 0 Å². The molecule has 0 aromatic rings. The second kappa shape index (κ2) is 5.96. The van der Waals surface area contributed by atoms with Gasteiger partial charge in [-0.1, -0.05) is 13.8 Å². The zero-order chi connectivity index (χ0) is 16.9. The zero-order valence-electron chi connectivity index (χ0n) is 14.9. The molecule has 24 heavy (non-hydrogen) atoms. The molecule has 136 valence electrons. The van der Waals surface area contributed by atoms with E-state index in [0.717, 1.165) is 25.9 Å². The number of ether oxygens (including phenoxy) is 2. The van der Waals surface area contributed by atoms with Crippen LogP contribution in [0, 0.1) is 23.2 Å². The predicted octanol–water partition coefficient (Wildman–Crippen LogP) is 1.87. The molecule has 7 atom stereocenters. The summed E-state index contributed by atoms with van der Waals surface area (Å²) in [6, 6.07) is 0.0681. The van der Waals surface area contributed by atoms with E-state index in [1.165, 1.54) is 19.3 Å². The summed E-state index contributed by atoms with van der Waals surface area (Å²) in [7, 11) is 0. The van der Waals surface area contributed by atoms with Crippen molar-refractivity contribution < 1.29 is 19.4 Å². The lowest BCUT2D eigenvalue weighted by Crippen LogP contribution is -2.51. The van der Waals surface area contributed by atoms with Crippen LogP contribution in [0.2, 0.25) is 0 Å². The number of carbonyl (C=O) groups excluding carboxylic acids is 1. The number of carbonyl (C=O) groups is 1. The van der Waals surface area contributed by atoms with E-state index in [9.17, 15) is 9.90 Å². The summed E-state index contributed by atoms with van der Waals surface area (Å²) < 4.78 is 11.7. The molecule has 2 heterocycles. The van der Waals surface area contributed by atoms with E-state index in [1.54, 1.807) is 0 Å². The van der Waals surface area contributed by atoms with Gasteiger partial charge in [-0.3, -0.25) is 4.79 Å². The Bertz CT molecular complexity index is 502. The Morgan fingerprint density at radius 3 is 2.88 bits per heavy atom. The average Bonchev–Trinajstić information content (AvgIpc) is 3.25. The minimum absolute atomic E-state index is 0.0432. The number of esters is 1. The summed E-state index contributed by atoms with van der Waals surface area (Å²) in [5.74, 6) is 0.756. The lowest BCUT2D eigenvalue weighted by atomic mass is 9.53. The highest BCUT2D eigenvalue weighted by molar-refractivity contribution is 5.75. The number of fused-ring (bicyclic) bond motifs is 3. The van der Waals surface area contributed by atoms with E-state index in [0.29, 0.717) is 18.4 Å². The van der Waals surface area contributed by atoms with E-state index in [2.05, 4.69) is 12.2 Å². The van der Waals surface area contributed by atoms with Gasteiger partial charge in [-0.05, 0) is 49.9 Å². The van der Waals surface area contributed by atoms with Gasteiger partial charge in [-0.15, -0.1) is 0 Å². The van der Waals surface area contributed by atoms with Gasteiger partial charge in [0, 0.05) is 18.5 Å². The van der Waals surface area contributed by atoms with Gasteiger partial charge >= 0.3 is 5.97 Å². The zero-order valence-corrected chi connectivity index (χ0v) is 14.9. The SMILES string of the molecule is CCC(CO)NCC1C(=O)O[C@@H]2C[C@@]3(C)CCC[C@]4(CO4)[C@@H]3C[C@H]12. The van der Waals surface area contributed by atoms with Crippen molar-refractivity contribution in [3.8, 4) is 0 Å². The third-order valence-corrected chi connectivity index (χ3v) is 7.42. The Hall–Kier alpha value is -0.650. The number of nitrogens with one attached hydrogen (secondary N) is 1. The lowest BCUT2D eigenvalue weighted by molar-refractivity contribution is -0.147. The molecule has 2 aliphatic carbocycles. The number of hydrogen-bond donors (Lipinski definition) is 2. The molecule has 5 heteroatoms. The molecular formula is C19H31NO4. The predicted molar refractivity (Wildman–Crippen MR) is 89.4 cm³/mol. The van der Waals surface area contributed by atoms with Gasteiger partial charge in [0.2, 0.25) is 0 Å². The molecule has 0 amide bonds. The monoisotopic (exact) mass is 337 g/mol. The van der Waals surface area contributed by atoms with Crippen LogP contribution in [-0.4, -0.2) is 48.6 Å². The van der Waals surface area contributed by atoms with Crippen LogP contribution in [0.3, 0.4) is 0 Å². The number of epoxide rings is 1. The highest BCUT2D eigenvalue weighted by Gasteiger charge is 2.64. The van der Waals surface area contributed by atoms with Crippen molar-refractivity contribution in [1.29, 1.82) is 0 Å². The van der Waals surface area contributed by atoms with E-state index < -0.39 is 0 Å². The number of aliphatic hydroxyl groups is 1. The van der Waals surface area contributed by atoms with Crippen LogP contribution in [0.1, 0.15) is 52.4 Å². The highest BCUT2D eigenvalue weighted by Crippen LogP contribution is 2.62. The first-order valence-electron chi connectivity index (χ1n) is 9.70. The fourth-order valence-electron chi connectivity index (χ4n) is 5.82. The van der Waals surface area contributed by atoms with E-state index in [4.69, 9.17) is 9.47 Å². The Kier molecular flexibility index (Phi) is 4.17. The molecule has 4 fully saturated rings. The summed E-state index contributed by atoms with van der Waals surface area (Å²) in [6.07, 6.45) is 6.64. The van der Waals surface area contributed by atoms with Gasteiger partial charge in [-0.2, -0.15) is 0 Å². The maximum atomic E-state index is 12.5. The summed E-state index contributed by atoms with van der Waals surface area (Å²) in [5, 5.41) is 12.7. The molecule has 2 unspecified atom stereocenters. The van der Waals surface area contributed by atoms with Crippen LogP contribution < -0.4 is 5.32 Å². The van der Waals surface area contributed by atoms with Crippen LogP contribution in [0.25, 0.3) is 0 Å². The summed E-state index contributed by atoms with van der Waals surface area (Å²) >= 11 is 0. The highest BCUT2D eigenvalue weighted by atomic mass is 16.6. The molecule has 0 aromatic carbocycles. The Morgan fingerprint density at radius 2 is 2.21 bits per heavy atom. The molecule has 4 rings (SSSR count). The first-order valence-corrected chi connectivity index (χ1v) is 9.70. The van der Waals surface area contributed by atoms with Crippen molar-refractivity contribution in [3.05, 3.63) is 0 Å². The van der Waals surface area contributed by atoms with E-state index in [1.807, 2.05) is 6.92 Å². The quantitative estimate of drug-likeness (QED) is 0.592. The maximum absolute atomic E-state index is 12.5. The van der Waals surface area contributed by atoms with Crippen molar-refractivity contribution in [2.75, 3.05) is 19.8 Å². The fourth-order valence-corrected chi connectivity index (χ4v) is 5.82. The Morgan fingerprint density at radius 1 is 1.42 bits per heavy atom. The molecule has 0 bridgehead atoms. The standard InChI is InChI=1S/C19H31NO4/c1-3-12(10-21)20-9-14-13-7-16-18(2,8-15(13)24-17(14)22)5-4-6-19(16)11-23-19/h12-16,20-21H,3-11H2,1-2H3/t12?,13-,14?,15-,16-,18-,19+/m1/s1. The van der Waals surface area contributed by atoms with Crippen molar-refractivity contribution in [1.82, 2.24) is 5.32 Å². The average molecular weight is 337 g/mol. The molecule has 0 aromatic heterocycles. The van der Waals surface area contributed by atoms with Crippen molar-refractivity contribution in [2.24, 2.45) is 23.2 Å². The molecule has 2 saturated carbocycles. The third kappa shape index (κ3) is 2.60. The second-order valence-electron chi connectivity index (χ2n) is 8.80. The summed E-state index contributed by atoms with van der Waals surface area (Å²) in [6.45, 7) is 6.08. The second-order valence-corrected chi connectivity index (χ2v) is 8.80. The molecule has 1 spiro atoms. The smallest absolute Gasteiger partial charge is 0.310 e. The molecule has 5 nitrogen and oxygen atoms in total. The molecule has 2 aliphatic heterocycles. The largest absolute Gasteiger partial charge is 0.462 e. The first-order chi connectivity index (χ1) is 11.5. The molecule has 4 aliphatic rings. The normalized spacial score (nSPS) is 47.9. The van der Waals surface area contributed by atoms with Crippen LogP contribution in [0.5, 0.6) is 0 Å². The van der Waals surface area contributed by atoms with Gasteiger partial charge < -0.3 is 19.9 Å². The molecular weight excluding hydrogens is 306 g/mol. The van der Waals surface area contributed by atoms with Crippen molar-refractivity contribution >= 4 is 5.97 Å². The number of aliphatic hydroxyl groups excluding tert-OH is 1. The van der Waals surface area contributed by atoms with Gasteiger partial charge in [0.05, 0.1) is 24.7 Å². The summed E-state index contributed by atoms with van der Waals surface area (Å²) in [4.78, 5) is 12.5. The van der Waals surface area contributed by atoms with Crippen LogP contribution in [0.4, 0.5) is 0 Å². The number of hydrogen-bond acceptors (Lipinski definition) is 5. The van der Waals surface area contributed by atoms with Crippen molar-refractivity contribution in [3.63, 3.8) is 0 Å². The minimum atomic E-state index is -0.0714. The fraction of sp³-hybridized carbons (Fsp3) is 0.947.